The van der Waals surface area contributed by atoms with Crippen molar-refractivity contribution in [2.45, 2.75) is 20.4 Å². The highest BCUT2D eigenvalue weighted by molar-refractivity contribution is 5.72. The highest BCUT2D eigenvalue weighted by atomic mass is 19.1. The maximum atomic E-state index is 12.9. The van der Waals surface area contributed by atoms with Crippen LogP contribution in [0.1, 0.15) is 19.7 Å². The normalized spacial score (nSPS) is 11.5. The second kappa shape index (κ2) is 4.61. The Kier molecular flexibility index (Phi) is 3.19. The van der Waals surface area contributed by atoms with Crippen LogP contribution in [0.4, 0.5) is 4.39 Å². The van der Waals surface area contributed by atoms with E-state index in [4.69, 9.17) is 4.42 Å². The van der Waals surface area contributed by atoms with Crippen LogP contribution in [-0.4, -0.2) is 11.5 Å². The zero-order valence-corrected chi connectivity index (χ0v) is 9.46. The first-order chi connectivity index (χ1) is 7.65. The lowest BCUT2D eigenvalue weighted by molar-refractivity contribution is 0.470. The van der Waals surface area contributed by atoms with Crippen LogP contribution in [-0.2, 0) is 6.54 Å². The Hall–Kier alpha value is -1.42. The van der Waals surface area contributed by atoms with Crippen LogP contribution in [0.2, 0.25) is 0 Å². The van der Waals surface area contributed by atoms with Crippen molar-refractivity contribution in [2.24, 2.45) is 5.92 Å². The van der Waals surface area contributed by atoms with Gasteiger partial charge >= 0.3 is 0 Å². The molecule has 0 aliphatic heterocycles. The third kappa shape index (κ3) is 2.58. The molecule has 1 aromatic carbocycles. The number of nitrogens with zero attached hydrogens (tertiary/aromatic N) is 1. The van der Waals surface area contributed by atoms with Crippen molar-refractivity contribution in [2.75, 3.05) is 6.54 Å². The highest BCUT2D eigenvalue weighted by Crippen LogP contribution is 2.16. The van der Waals surface area contributed by atoms with E-state index < -0.39 is 0 Å². The lowest BCUT2D eigenvalue weighted by Crippen LogP contribution is -2.19. The van der Waals surface area contributed by atoms with Crippen LogP contribution in [0.15, 0.2) is 22.6 Å². The maximum absolute atomic E-state index is 12.9. The standard InChI is InChI=1S/C12H15FN2O/c1-8(2)6-14-7-12-15-10-4-3-9(13)5-11(10)16-12/h3-5,8,14H,6-7H2,1-2H3. The molecule has 1 N–H and O–H groups in total. The molecular weight excluding hydrogens is 207 g/mol. The molecule has 1 heterocycles. The van der Waals surface area contributed by atoms with Crippen molar-refractivity contribution in [1.82, 2.24) is 10.3 Å². The van der Waals surface area contributed by atoms with Crippen molar-refractivity contribution in [3.05, 3.63) is 29.9 Å². The molecule has 16 heavy (non-hydrogen) atoms. The van der Waals surface area contributed by atoms with Crippen molar-refractivity contribution in [3.63, 3.8) is 0 Å². The van der Waals surface area contributed by atoms with Gasteiger partial charge in [-0.2, -0.15) is 0 Å². The number of halogens is 1. The summed E-state index contributed by atoms with van der Waals surface area (Å²) < 4.78 is 18.3. The SMILES string of the molecule is CC(C)CNCc1nc2ccc(F)cc2o1. The average Bonchev–Trinajstić information content (AvgIpc) is 2.58. The molecule has 0 saturated heterocycles. The third-order valence-corrected chi connectivity index (χ3v) is 2.22. The minimum Gasteiger partial charge on any atom is -0.439 e. The van der Waals surface area contributed by atoms with Crippen LogP contribution in [0, 0.1) is 11.7 Å². The molecule has 4 heteroatoms. The molecule has 2 rings (SSSR count). The summed E-state index contributed by atoms with van der Waals surface area (Å²) >= 11 is 0. The van der Waals surface area contributed by atoms with Crippen molar-refractivity contribution in [3.8, 4) is 0 Å². The number of rotatable bonds is 4. The van der Waals surface area contributed by atoms with E-state index in [0.29, 0.717) is 29.5 Å². The first kappa shape index (κ1) is 11.1. The molecule has 0 bridgehead atoms. The lowest BCUT2D eigenvalue weighted by Gasteiger charge is -2.03. The molecule has 0 saturated carbocycles. The Morgan fingerprint density at radius 2 is 2.25 bits per heavy atom. The summed E-state index contributed by atoms with van der Waals surface area (Å²) in [5.41, 5.74) is 1.20. The molecule has 0 aliphatic carbocycles. The molecule has 3 nitrogen and oxygen atoms in total. The van der Waals surface area contributed by atoms with Crippen molar-refractivity contribution in [1.29, 1.82) is 0 Å². The second-order valence-corrected chi connectivity index (χ2v) is 4.24. The smallest absolute Gasteiger partial charge is 0.209 e. The van der Waals surface area contributed by atoms with Gasteiger partial charge in [-0.1, -0.05) is 13.8 Å². The summed E-state index contributed by atoms with van der Waals surface area (Å²) in [6.07, 6.45) is 0. The van der Waals surface area contributed by atoms with Crippen LogP contribution in [0.5, 0.6) is 0 Å². The number of aromatic nitrogens is 1. The average molecular weight is 222 g/mol. The van der Waals surface area contributed by atoms with Gasteiger partial charge in [0.15, 0.2) is 5.58 Å². The summed E-state index contributed by atoms with van der Waals surface area (Å²) in [4.78, 5) is 4.25. The third-order valence-electron chi connectivity index (χ3n) is 2.22. The van der Waals surface area contributed by atoms with Crippen LogP contribution in [0.25, 0.3) is 11.1 Å². The van der Waals surface area contributed by atoms with Gasteiger partial charge in [0.25, 0.3) is 0 Å². The summed E-state index contributed by atoms with van der Waals surface area (Å²) in [7, 11) is 0. The fraction of sp³-hybridized carbons (Fsp3) is 0.417. The Morgan fingerprint density at radius 1 is 1.44 bits per heavy atom. The van der Waals surface area contributed by atoms with E-state index in [0.717, 1.165) is 6.54 Å². The van der Waals surface area contributed by atoms with E-state index in [-0.39, 0.29) is 5.82 Å². The first-order valence-electron chi connectivity index (χ1n) is 5.41. The number of nitrogens with one attached hydrogen (secondary N) is 1. The summed E-state index contributed by atoms with van der Waals surface area (Å²) in [5, 5.41) is 3.23. The molecule has 1 aromatic heterocycles. The van der Waals surface area contributed by atoms with Gasteiger partial charge in [-0.3, -0.25) is 0 Å². The van der Waals surface area contributed by atoms with E-state index in [1.165, 1.54) is 12.1 Å². The van der Waals surface area contributed by atoms with Crippen LogP contribution < -0.4 is 5.32 Å². The number of fused-ring (bicyclic) bond motifs is 1. The Morgan fingerprint density at radius 3 is 3.00 bits per heavy atom. The van der Waals surface area contributed by atoms with Gasteiger partial charge in [0, 0.05) is 6.07 Å². The molecule has 2 aromatic rings. The molecule has 0 unspecified atom stereocenters. The molecule has 0 radical (unpaired) electrons. The van der Waals surface area contributed by atoms with E-state index in [9.17, 15) is 4.39 Å². The number of hydrogen-bond acceptors (Lipinski definition) is 3. The van der Waals surface area contributed by atoms with Crippen molar-refractivity contribution >= 4 is 11.1 Å². The first-order valence-corrected chi connectivity index (χ1v) is 5.41. The lowest BCUT2D eigenvalue weighted by atomic mass is 10.2. The fourth-order valence-electron chi connectivity index (χ4n) is 1.49. The monoisotopic (exact) mass is 222 g/mol. The molecule has 0 aliphatic rings. The van der Waals surface area contributed by atoms with E-state index in [1.807, 2.05) is 0 Å². The summed E-state index contributed by atoms with van der Waals surface area (Å²) in [6.45, 7) is 5.75. The Balaban J connectivity index is 2.08. The Bertz CT molecular complexity index is 479. The van der Waals surface area contributed by atoms with Crippen LogP contribution >= 0.6 is 0 Å². The molecule has 0 fully saturated rings. The van der Waals surface area contributed by atoms with Gasteiger partial charge in [-0.15, -0.1) is 0 Å². The number of hydrogen-bond donors (Lipinski definition) is 1. The summed E-state index contributed by atoms with van der Waals surface area (Å²) in [6, 6.07) is 4.37. The largest absolute Gasteiger partial charge is 0.439 e. The van der Waals surface area contributed by atoms with E-state index in [1.54, 1.807) is 6.07 Å². The highest BCUT2D eigenvalue weighted by Gasteiger charge is 2.06. The van der Waals surface area contributed by atoms with Gasteiger partial charge in [0.2, 0.25) is 5.89 Å². The quantitative estimate of drug-likeness (QED) is 0.864. The number of oxazole rings is 1. The van der Waals surface area contributed by atoms with Gasteiger partial charge in [-0.05, 0) is 24.6 Å². The predicted molar refractivity (Wildman–Crippen MR) is 60.5 cm³/mol. The maximum Gasteiger partial charge on any atom is 0.209 e. The predicted octanol–water partition coefficient (Wildman–Crippen LogP) is 2.71. The van der Waals surface area contributed by atoms with Crippen molar-refractivity contribution < 1.29 is 8.81 Å². The van der Waals surface area contributed by atoms with Gasteiger partial charge in [-0.25, -0.2) is 9.37 Å². The zero-order chi connectivity index (χ0) is 11.5. The molecule has 86 valence electrons. The topological polar surface area (TPSA) is 38.1 Å². The zero-order valence-electron chi connectivity index (χ0n) is 9.46. The molecule has 0 spiro atoms. The van der Waals surface area contributed by atoms with E-state index >= 15 is 0 Å². The summed E-state index contributed by atoms with van der Waals surface area (Å²) in [5.74, 6) is 0.883. The van der Waals surface area contributed by atoms with Crippen LogP contribution in [0.3, 0.4) is 0 Å². The van der Waals surface area contributed by atoms with Gasteiger partial charge < -0.3 is 9.73 Å². The van der Waals surface area contributed by atoms with Gasteiger partial charge in [0.1, 0.15) is 11.3 Å². The Labute approximate surface area is 93.7 Å². The van der Waals surface area contributed by atoms with Gasteiger partial charge in [0.05, 0.1) is 6.54 Å². The molecule has 0 amide bonds. The minimum absolute atomic E-state index is 0.301. The number of benzene rings is 1. The molecular formula is C12H15FN2O. The molecule has 0 atom stereocenters. The van der Waals surface area contributed by atoms with E-state index in [2.05, 4.69) is 24.1 Å². The fourth-order valence-corrected chi connectivity index (χ4v) is 1.49. The second-order valence-electron chi connectivity index (χ2n) is 4.24. The minimum atomic E-state index is -0.301.